The SMILES string of the molecule is CCCC1(C(=O)O)CNc2ccccc21. The van der Waals surface area contributed by atoms with E-state index in [0.29, 0.717) is 13.0 Å². The van der Waals surface area contributed by atoms with Crippen molar-refractivity contribution < 1.29 is 9.90 Å². The number of rotatable bonds is 3. The summed E-state index contributed by atoms with van der Waals surface area (Å²) < 4.78 is 0. The summed E-state index contributed by atoms with van der Waals surface area (Å²) in [5.74, 6) is -0.721. The summed E-state index contributed by atoms with van der Waals surface area (Å²) >= 11 is 0. The van der Waals surface area contributed by atoms with Crippen LogP contribution in [0.15, 0.2) is 24.3 Å². The number of carboxylic acid groups (broad SMARTS) is 1. The first-order valence-electron chi connectivity index (χ1n) is 5.27. The predicted molar refractivity (Wildman–Crippen MR) is 59.2 cm³/mol. The van der Waals surface area contributed by atoms with E-state index in [1.54, 1.807) is 0 Å². The molecule has 1 aliphatic heterocycles. The molecule has 80 valence electrons. The average molecular weight is 205 g/mol. The second kappa shape index (κ2) is 3.57. The first-order valence-corrected chi connectivity index (χ1v) is 5.27. The fourth-order valence-electron chi connectivity index (χ4n) is 2.34. The molecule has 2 rings (SSSR count). The van der Waals surface area contributed by atoms with E-state index in [4.69, 9.17) is 0 Å². The molecule has 1 atom stereocenters. The molecule has 1 aromatic carbocycles. The third-order valence-electron chi connectivity index (χ3n) is 3.11. The van der Waals surface area contributed by atoms with Crippen LogP contribution in [-0.2, 0) is 10.2 Å². The summed E-state index contributed by atoms with van der Waals surface area (Å²) in [4.78, 5) is 11.4. The Hall–Kier alpha value is -1.51. The van der Waals surface area contributed by atoms with Crippen molar-refractivity contribution >= 4 is 11.7 Å². The Bertz CT molecular complexity index is 385. The van der Waals surface area contributed by atoms with Crippen LogP contribution in [0.2, 0.25) is 0 Å². The van der Waals surface area contributed by atoms with Gasteiger partial charge in [0.15, 0.2) is 0 Å². The van der Waals surface area contributed by atoms with E-state index in [9.17, 15) is 9.90 Å². The van der Waals surface area contributed by atoms with E-state index in [1.807, 2.05) is 31.2 Å². The smallest absolute Gasteiger partial charge is 0.316 e. The third kappa shape index (κ3) is 1.39. The minimum atomic E-state index is -0.721. The van der Waals surface area contributed by atoms with Crippen LogP contribution in [0.1, 0.15) is 25.3 Å². The zero-order chi connectivity index (χ0) is 10.9. The number of nitrogens with one attached hydrogen (secondary N) is 1. The van der Waals surface area contributed by atoms with E-state index >= 15 is 0 Å². The Morgan fingerprint density at radius 3 is 2.93 bits per heavy atom. The topological polar surface area (TPSA) is 49.3 Å². The maximum Gasteiger partial charge on any atom is 0.316 e. The lowest BCUT2D eigenvalue weighted by atomic mass is 9.78. The molecule has 0 saturated heterocycles. The molecule has 2 N–H and O–H groups in total. The fraction of sp³-hybridized carbons (Fsp3) is 0.417. The normalized spacial score (nSPS) is 23.3. The highest BCUT2D eigenvalue weighted by Gasteiger charge is 2.44. The Morgan fingerprint density at radius 1 is 1.53 bits per heavy atom. The molecule has 0 aliphatic carbocycles. The molecule has 1 aromatic rings. The van der Waals surface area contributed by atoms with Crippen LogP contribution >= 0.6 is 0 Å². The first kappa shape index (κ1) is 10.0. The third-order valence-corrected chi connectivity index (χ3v) is 3.11. The fourth-order valence-corrected chi connectivity index (χ4v) is 2.34. The van der Waals surface area contributed by atoms with E-state index < -0.39 is 11.4 Å². The number of aliphatic carboxylic acids is 1. The van der Waals surface area contributed by atoms with Crippen LogP contribution in [-0.4, -0.2) is 17.6 Å². The second-order valence-electron chi connectivity index (χ2n) is 4.04. The molecule has 1 aliphatic rings. The number of fused-ring (bicyclic) bond motifs is 1. The van der Waals surface area contributed by atoms with Crippen LogP contribution in [0.3, 0.4) is 0 Å². The van der Waals surface area contributed by atoms with E-state index in [-0.39, 0.29) is 0 Å². The highest BCUT2D eigenvalue weighted by Crippen LogP contribution is 2.40. The van der Waals surface area contributed by atoms with Crippen molar-refractivity contribution in [3.8, 4) is 0 Å². The Balaban J connectivity index is 2.49. The van der Waals surface area contributed by atoms with Gasteiger partial charge < -0.3 is 10.4 Å². The summed E-state index contributed by atoms with van der Waals surface area (Å²) in [7, 11) is 0. The number of hydrogen-bond donors (Lipinski definition) is 2. The second-order valence-corrected chi connectivity index (χ2v) is 4.04. The highest BCUT2D eigenvalue weighted by molar-refractivity contribution is 5.87. The zero-order valence-electron chi connectivity index (χ0n) is 8.79. The number of hydrogen-bond acceptors (Lipinski definition) is 2. The van der Waals surface area contributed by atoms with Gasteiger partial charge in [-0.3, -0.25) is 4.79 Å². The Kier molecular flexibility index (Phi) is 2.39. The van der Waals surface area contributed by atoms with Gasteiger partial charge in [0.05, 0.1) is 0 Å². The van der Waals surface area contributed by atoms with Crippen LogP contribution < -0.4 is 5.32 Å². The molecule has 0 aromatic heterocycles. The number of anilines is 1. The summed E-state index contributed by atoms with van der Waals surface area (Å²) in [6.07, 6.45) is 1.56. The minimum Gasteiger partial charge on any atom is -0.481 e. The van der Waals surface area contributed by atoms with Crippen molar-refractivity contribution in [3.63, 3.8) is 0 Å². The monoisotopic (exact) mass is 205 g/mol. The Labute approximate surface area is 89.1 Å². The van der Waals surface area contributed by atoms with Gasteiger partial charge in [-0.25, -0.2) is 0 Å². The van der Waals surface area contributed by atoms with Gasteiger partial charge in [-0.2, -0.15) is 0 Å². The van der Waals surface area contributed by atoms with E-state index in [0.717, 1.165) is 17.7 Å². The van der Waals surface area contributed by atoms with E-state index in [1.165, 1.54) is 0 Å². The van der Waals surface area contributed by atoms with Gasteiger partial charge in [0.1, 0.15) is 5.41 Å². The van der Waals surface area contributed by atoms with Crippen LogP contribution in [0.4, 0.5) is 5.69 Å². The van der Waals surface area contributed by atoms with Crippen molar-refractivity contribution in [1.82, 2.24) is 0 Å². The lowest BCUT2D eigenvalue weighted by Gasteiger charge is -2.23. The van der Waals surface area contributed by atoms with Gasteiger partial charge in [-0.1, -0.05) is 31.5 Å². The van der Waals surface area contributed by atoms with Crippen LogP contribution in [0, 0.1) is 0 Å². The molecule has 0 saturated carbocycles. The van der Waals surface area contributed by atoms with Crippen molar-refractivity contribution in [3.05, 3.63) is 29.8 Å². The molecule has 3 nitrogen and oxygen atoms in total. The molecule has 3 heteroatoms. The number of carbonyl (C=O) groups is 1. The summed E-state index contributed by atoms with van der Waals surface area (Å²) in [5.41, 5.74) is 1.18. The molecular weight excluding hydrogens is 190 g/mol. The van der Waals surface area contributed by atoms with Gasteiger partial charge in [0.2, 0.25) is 0 Å². The van der Waals surface area contributed by atoms with Gasteiger partial charge in [-0.15, -0.1) is 0 Å². The van der Waals surface area contributed by atoms with Gasteiger partial charge in [0.25, 0.3) is 0 Å². The molecule has 0 fully saturated rings. The maximum absolute atomic E-state index is 11.4. The molecule has 0 spiro atoms. The number of carboxylic acids is 1. The van der Waals surface area contributed by atoms with Crippen LogP contribution in [0.5, 0.6) is 0 Å². The average Bonchev–Trinajstić information content (AvgIpc) is 2.60. The predicted octanol–water partition coefficient (Wildman–Crippen LogP) is 2.23. The van der Waals surface area contributed by atoms with Crippen molar-refractivity contribution in [2.24, 2.45) is 0 Å². The van der Waals surface area contributed by atoms with Gasteiger partial charge in [-0.05, 0) is 18.1 Å². The van der Waals surface area contributed by atoms with Gasteiger partial charge >= 0.3 is 5.97 Å². The van der Waals surface area contributed by atoms with Gasteiger partial charge in [0, 0.05) is 12.2 Å². The molecule has 0 amide bonds. The van der Waals surface area contributed by atoms with Crippen LogP contribution in [0.25, 0.3) is 0 Å². The molecule has 0 radical (unpaired) electrons. The summed E-state index contributed by atoms with van der Waals surface area (Å²) in [6.45, 7) is 2.53. The number of benzene rings is 1. The highest BCUT2D eigenvalue weighted by atomic mass is 16.4. The first-order chi connectivity index (χ1) is 7.20. The Morgan fingerprint density at radius 2 is 2.27 bits per heavy atom. The quantitative estimate of drug-likeness (QED) is 0.795. The van der Waals surface area contributed by atoms with Crippen molar-refractivity contribution in [2.45, 2.75) is 25.2 Å². The maximum atomic E-state index is 11.4. The summed E-state index contributed by atoms with van der Waals surface area (Å²) in [6, 6.07) is 7.68. The number of para-hydroxylation sites is 1. The molecular formula is C12H15NO2. The van der Waals surface area contributed by atoms with Crippen molar-refractivity contribution in [2.75, 3.05) is 11.9 Å². The lowest BCUT2D eigenvalue weighted by Crippen LogP contribution is -2.37. The summed E-state index contributed by atoms with van der Waals surface area (Å²) in [5, 5.41) is 12.6. The van der Waals surface area contributed by atoms with Crippen molar-refractivity contribution in [1.29, 1.82) is 0 Å². The molecule has 1 heterocycles. The molecule has 15 heavy (non-hydrogen) atoms. The largest absolute Gasteiger partial charge is 0.481 e. The minimum absolute atomic E-state index is 0.509. The molecule has 1 unspecified atom stereocenters. The molecule has 0 bridgehead atoms. The zero-order valence-corrected chi connectivity index (χ0v) is 8.79. The van der Waals surface area contributed by atoms with E-state index in [2.05, 4.69) is 5.32 Å². The standard InChI is InChI=1S/C12H15NO2/c1-2-7-12(11(14)15)8-13-10-6-4-3-5-9(10)12/h3-6,13H,2,7-8H2,1H3,(H,14,15). The lowest BCUT2D eigenvalue weighted by molar-refractivity contribution is -0.143.